The normalized spacial score (nSPS) is 11.9. The summed E-state index contributed by atoms with van der Waals surface area (Å²) < 4.78 is 5.10. The predicted molar refractivity (Wildman–Crippen MR) is 90.8 cm³/mol. The Bertz CT molecular complexity index is 708. The quantitative estimate of drug-likeness (QED) is 0.678. The largest absolute Gasteiger partial charge is 0.449 e. The third-order valence-electron chi connectivity index (χ3n) is 3.16. The Morgan fingerprint density at radius 1 is 1.09 bits per heavy atom. The third kappa shape index (κ3) is 5.43. The third-order valence-corrected chi connectivity index (χ3v) is 3.16. The van der Waals surface area contributed by atoms with E-state index in [0.29, 0.717) is 5.69 Å². The van der Waals surface area contributed by atoms with Crippen LogP contribution in [0.2, 0.25) is 0 Å². The Balaban J connectivity index is 1.88. The smallest absolute Gasteiger partial charge is 0.331 e. The summed E-state index contributed by atoms with van der Waals surface area (Å²) in [6.07, 6.45) is 2.11. The second kappa shape index (κ2) is 7.94. The van der Waals surface area contributed by atoms with Gasteiger partial charge in [-0.15, -0.1) is 0 Å². The molecule has 0 bridgehead atoms. The summed E-state index contributed by atoms with van der Waals surface area (Å²) >= 11 is 0. The van der Waals surface area contributed by atoms with Crippen LogP contribution in [0.15, 0.2) is 60.7 Å². The Labute approximate surface area is 135 Å². The summed E-state index contributed by atoms with van der Waals surface area (Å²) in [5.41, 5.74) is 2.68. The number of carbonyl (C=O) groups excluding carboxylic acids is 2. The van der Waals surface area contributed by atoms with Crippen LogP contribution in [0.3, 0.4) is 0 Å². The van der Waals surface area contributed by atoms with Gasteiger partial charge in [-0.05, 0) is 37.6 Å². The Morgan fingerprint density at radius 3 is 2.52 bits per heavy atom. The van der Waals surface area contributed by atoms with Crippen LogP contribution in [0.25, 0.3) is 6.08 Å². The molecule has 4 nitrogen and oxygen atoms in total. The van der Waals surface area contributed by atoms with E-state index in [0.717, 1.165) is 11.1 Å². The maximum absolute atomic E-state index is 12.0. The zero-order valence-corrected chi connectivity index (χ0v) is 13.2. The molecule has 1 amide bonds. The van der Waals surface area contributed by atoms with Crippen molar-refractivity contribution in [1.29, 1.82) is 0 Å². The van der Waals surface area contributed by atoms with Crippen LogP contribution in [0.5, 0.6) is 0 Å². The zero-order valence-electron chi connectivity index (χ0n) is 13.2. The predicted octanol–water partition coefficient (Wildman–Crippen LogP) is 3.58. The van der Waals surface area contributed by atoms with E-state index in [2.05, 4.69) is 5.32 Å². The average molecular weight is 309 g/mol. The number of nitrogens with one attached hydrogen (secondary N) is 1. The van der Waals surface area contributed by atoms with Crippen molar-refractivity contribution in [2.24, 2.45) is 0 Å². The van der Waals surface area contributed by atoms with Crippen molar-refractivity contribution in [3.63, 3.8) is 0 Å². The first-order chi connectivity index (χ1) is 11.0. The summed E-state index contributed by atoms with van der Waals surface area (Å²) in [7, 11) is 0. The average Bonchev–Trinajstić information content (AvgIpc) is 2.54. The van der Waals surface area contributed by atoms with E-state index in [1.54, 1.807) is 18.2 Å². The fourth-order valence-electron chi connectivity index (χ4n) is 1.97. The summed E-state index contributed by atoms with van der Waals surface area (Å²) in [4.78, 5) is 23.7. The van der Waals surface area contributed by atoms with Crippen molar-refractivity contribution in [1.82, 2.24) is 0 Å². The second-order valence-electron chi connectivity index (χ2n) is 5.18. The minimum atomic E-state index is -0.870. The summed E-state index contributed by atoms with van der Waals surface area (Å²) in [6, 6.07) is 16.8. The van der Waals surface area contributed by atoms with Gasteiger partial charge in [-0.1, -0.05) is 48.0 Å². The second-order valence-corrected chi connectivity index (χ2v) is 5.18. The highest BCUT2D eigenvalue weighted by atomic mass is 16.5. The van der Waals surface area contributed by atoms with Crippen molar-refractivity contribution < 1.29 is 14.3 Å². The lowest BCUT2D eigenvalue weighted by Gasteiger charge is -2.12. The summed E-state index contributed by atoms with van der Waals surface area (Å²) in [5.74, 6) is -0.921. The van der Waals surface area contributed by atoms with Crippen LogP contribution in [0.4, 0.5) is 5.69 Å². The molecule has 1 N–H and O–H groups in total. The van der Waals surface area contributed by atoms with Gasteiger partial charge < -0.3 is 10.1 Å². The van der Waals surface area contributed by atoms with E-state index in [1.165, 1.54) is 13.0 Å². The van der Waals surface area contributed by atoms with Crippen molar-refractivity contribution in [2.75, 3.05) is 5.32 Å². The van der Waals surface area contributed by atoms with Gasteiger partial charge in [0.1, 0.15) is 0 Å². The lowest BCUT2D eigenvalue weighted by Crippen LogP contribution is -2.29. The van der Waals surface area contributed by atoms with Crippen LogP contribution in [0, 0.1) is 6.92 Å². The van der Waals surface area contributed by atoms with Gasteiger partial charge in [0.05, 0.1) is 0 Å². The monoisotopic (exact) mass is 309 g/mol. The van der Waals surface area contributed by atoms with Crippen molar-refractivity contribution in [2.45, 2.75) is 20.0 Å². The molecule has 0 aliphatic rings. The van der Waals surface area contributed by atoms with Crippen molar-refractivity contribution in [3.8, 4) is 0 Å². The number of carbonyl (C=O) groups is 2. The van der Waals surface area contributed by atoms with E-state index in [9.17, 15) is 9.59 Å². The van der Waals surface area contributed by atoms with Crippen LogP contribution >= 0.6 is 0 Å². The number of esters is 1. The molecule has 118 valence electrons. The van der Waals surface area contributed by atoms with Crippen LogP contribution in [0.1, 0.15) is 18.1 Å². The molecule has 0 aliphatic heterocycles. The molecule has 2 rings (SSSR count). The maximum atomic E-state index is 12.0. The first kappa shape index (κ1) is 16.5. The molecule has 0 unspecified atom stereocenters. The van der Waals surface area contributed by atoms with Gasteiger partial charge in [0.25, 0.3) is 5.91 Å². The number of benzene rings is 2. The lowest BCUT2D eigenvalue weighted by molar-refractivity contribution is -0.148. The van der Waals surface area contributed by atoms with E-state index in [-0.39, 0.29) is 5.91 Å². The van der Waals surface area contributed by atoms with Crippen LogP contribution in [-0.4, -0.2) is 18.0 Å². The fraction of sp³-hybridized carbons (Fsp3) is 0.158. The highest BCUT2D eigenvalue weighted by Gasteiger charge is 2.16. The number of anilines is 1. The summed E-state index contributed by atoms with van der Waals surface area (Å²) in [6.45, 7) is 3.52. The van der Waals surface area contributed by atoms with Gasteiger partial charge in [-0.25, -0.2) is 4.79 Å². The number of para-hydroxylation sites is 1. The number of amides is 1. The topological polar surface area (TPSA) is 55.4 Å². The Hall–Kier alpha value is -2.88. The van der Waals surface area contributed by atoms with E-state index < -0.39 is 12.1 Å². The van der Waals surface area contributed by atoms with Gasteiger partial charge in [0.15, 0.2) is 6.10 Å². The minimum Gasteiger partial charge on any atom is -0.449 e. The molecule has 0 heterocycles. The Morgan fingerprint density at radius 2 is 1.83 bits per heavy atom. The van der Waals surface area contributed by atoms with Crippen LogP contribution < -0.4 is 5.32 Å². The molecule has 0 spiro atoms. The highest BCUT2D eigenvalue weighted by Crippen LogP contribution is 2.08. The summed E-state index contributed by atoms with van der Waals surface area (Å²) in [5, 5.41) is 2.69. The molecule has 0 saturated heterocycles. The Kier molecular flexibility index (Phi) is 5.69. The number of hydrogen-bond donors (Lipinski definition) is 1. The first-order valence-corrected chi connectivity index (χ1v) is 7.36. The fourth-order valence-corrected chi connectivity index (χ4v) is 1.97. The maximum Gasteiger partial charge on any atom is 0.331 e. The van der Waals surface area contributed by atoms with E-state index in [1.807, 2.05) is 49.4 Å². The molecular weight excluding hydrogens is 290 g/mol. The van der Waals surface area contributed by atoms with Crippen molar-refractivity contribution >= 4 is 23.6 Å². The molecule has 0 radical (unpaired) electrons. The number of ether oxygens (including phenoxy) is 1. The molecule has 4 heteroatoms. The molecule has 0 saturated carbocycles. The van der Waals surface area contributed by atoms with Gasteiger partial charge in [0.2, 0.25) is 0 Å². The van der Waals surface area contributed by atoms with Gasteiger partial charge >= 0.3 is 5.97 Å². The zero-order chi connectivity index (χ0) is 16.7. The van der Waals surface area contributed by atoms with E-state index >= 15 is 0 Å². The van der Waals surface area contributed by atoms with Crippen molar-refractivity contribution in [3.05, 3.63) is 71.8 Å². The molecular formula is C19H19NO3. The number of aryl methyl sites for hydroxylation is 1. The number of rotatable bonds is 5. The van der Waals surface area contributed by atoms with E-state index in [4.69, 9.17) is 4.74 Å². The standard InChI is InChI=1S/C19H19NO3/c1-14-7-6-8-16(13-14)11-12-18(21)23-15(2)19(22)20-17-9-4-3-5-10-17/h3-13,15H,1-2H3,(H,20,22)/b12-11+/t15-/m0/s1. The van der Waals surface area contributed by atoms with Gasteiger partial charge in [-0.2, -0.15) is 0 Å². The molecule has 23 heavy (non-hydrogen) atoms. The molecule has 2 aromatic carbocycles. The number of hydrogen-bond acceptors (Lipinski definition) is 3. The molecule has 0 fully saturated rings. The highest BCUT2D eigenvalue weighted by molar-refractivity contribution is 5.96. The minimum absolute atomic E-state index is 0.367. The van der Waals surface area contributed by atoms with Gasteiger partial charge in [-0.3, -0.25) is 4.79 Å². The lowest BCUT2D eigenvalue weighted by atomic mass is 10.1. The molecule has 2 aromatic rings. The molecule has 0 aliphatic carbocycles. The molecule has 0 aromatic heterocycles. The SMILES string of the molecule is Cc1cccc(/C=C/C(=O)O[C@@H](C)C(=O)Nc2ccccc2)c1. The van der Waals surface area contributed by atoms with Gasteiger partial charge in [0, 0.05) is 11.8 Å². The van der Waals surface area contributed by atoms with Crippen LogP contribution in [-0.2, 0) is 14.3 Å². The first-order valence-electron chi connectivity index (χ1n) is 7.36. The molecule has 1 atom stereocenters.